The second-order valence-electron chi connectivity index (χ2n) is 1.17. The van der Waals surface area contributed by atoms with Crippen LogP contribution in [0.4, 0.5) is 0 Å². The van der Waals surface area contributed by atoms with E-state index >= 15 is 0 Å². The molecule has 0 unspecified atom stereocenters. The Labute approximate surface area is 48.6 Å². The van der Waals surface area contributed by atoms with Crippen molar-refractivity contribution in [3.8, 4) is 0 Å². The van der Waals surface area contributed by atoms with Gasteiger partial charge in [0.25, 0.3) is 0 Å². The van der Waals surface area contributed by atoms with E-state index in [1.165, 1.54) is 0 Å². The van der Waals surface area contributed by atoms with Gasteiger partial charge in [-0.1, -0.05) is 12.1 Å². The van der Waals surface area contributed by atoms with Gasteiger partial charge in [-0.25, -0.2) is 0 Å². The third kappa shape index (κ3) is 1.24. The molecule has 0 aromatic heterocycles. The van der Waals surface area contributed by atoms with Crippen molar-refractivity contribution >= 4 is 12.6 Å². The van der Waals surface area contributed by atoms with Crippen molar-refractivity contribution < 1.29 is 0 Å². The molecule has 0 aliphatic carbocycles. The van der Waals surface area contributed by atoms with Gasteiger partial charge in [-0.15, -0.1) is 12.6 Å². The minimum atomic E-state index is 0.836. The van der Waals surface area contributed by atoms with Crippen LogP contribution in [0.2, 0.25) is 0 Å². The van der Waals surface area contributed by atoms with Gasteiger partial charge in [-0.2, -0.15) is 0 Å². The predicted molar refractivity (Wildman–Crippen MR) is 31.4 cm³/mol. The molecule has 1 aromatic rings. The fourth-order valence-electron chi connectivity index (χ4n) is 0.344. The Hall–Kier alpha value is -0.430. The summed E-state index contributed by atoms with van der Waals surface area (Å²) in [6, 6.07) is 11.1. The summed E-state index contributed by atoms with van der Waals surface area (Å²) in [7, 11) is 0. The molecular formula is C6H4S. The summed E-state index contributed by atoms with van der Waals surface area (Å²) in [5, 5.41) is 0. The summed E-state index contributed by atoms with van der Waals surface area (Å²) in [5.41, 5.74) is 0. The van der Waals surface area contributed by atoms with E-state index in [9.17, 15) is 0 Å². The van der Waals surface area contributed by atoms with Gasteiger partial charge in [0.2, 0.25) is 0 Å². The van der Waals surface area contributed by atoms with Crippen molar-refractivity contribution in [1.29, 1.82) is 0 Å². The van der Waals surface area contributed by atoms with E-state index in [2.05, 4.69) is 24.8 Å². The third-order valence-corrected chi connectivity index (χ3v) is 0.889. The normalized spacial score (nSPS) is 8.71. The monoisotopic (exact) mass is 108 g/mol. The van der Waals surface area contributed by atoms with E-state index in [1.54, 1.807) is 18.2 Å². The summed E-state index contributed by atoms with van der Waals surface area (Å²) in [4.78, 5) is 0.836. The second kappa shape index (κ2) is 2.03. The molecule has 0 saturated heterocycles. The molecule has 34 valence electrons. The first-order valence-corrected chi connectivity index (χ1v) is 2.41. The summed E-state index contributed by atoms with van der Waals surface area (Å²) in [5.74, 6) is 0. The van der Waals surface area contributed by atoms with Crippen LogP contribution in [-0.2, 0) is 0 Å². The topological polar surface area (TPSA) is 0 Å². The maximum atomic E-state index is 4.00. The zero-order valence-corrected chi connectivity index (χ0v) is 4.57. The zero-order valence-electron chi connectivity index (χ0n) is 3.68. The Morgan fingerprint density at radius 2 is 2.29 bits per heavy atom. The maximum Gasteiger partial charge on any atom is 0.0125 e. The molecule has 0 bridgehead atoms. The van der Waals surface area contributed by atoms with E-state index in [1.807, 2.05) is 0 Å². The van der Waals surface area contributed by atoms with Gasteiger partial charge in [0.05, 0.1) is 0 Å². The minimum Gasteiger partial charge on any atom is -0.143 e. The molecule has 0 aliphatic heterocycles. The maximum absolute atomic E-state index is 4.00. The molecule has 0 N–H and O–H groups in total. The molecule has 0 amide bonds. The Morgan fingerprint density at radius 3 is 2.57 bits per heavy atom. The Kier molecular flexibility index (Phi) is 1.37. The van der Waals surface area contributed by atoms with Crippen LogP contribution >= 0.6 is 12.6 Å². The van der Waals surface area contributed by atoms with Gasteiger partial charge in [0.15, 0.2) is 0 Å². The third-order valence-electron chi connectivity index (χ3n) is 0.631. The highest BCUT2D eigenvalue weighted by Gasteiger charge is 1.74. The fraction of sp³-hybridized carbons (Fsp3) is 0. The van der Waals surface area contributed by atoms with Gasteiger partial charge >= 0.3 is 0 Å². The van der Waals surface area contributed by atoms with Crippen molar-refractivity contribution in [2.75, 3.05) is 0 Å². The Balaban J connectivity index is 3.02. The Bertz CT molecular complexity index is 134. The van der Waals surface area contributed by atoms with Gasteiger partial charge in [0, 0.05) is 4.90 Å². The summed E-state index contributed by atoms with van der Waals surface area (Å²) < 4.78 is 0. The largest absolute Gasteiger partial charge is 0.143 e. The van der Waals surface area contributed by atoms with Crippen molar-refractivity contribution in [2.45, 2.75) is 4.90 Å². The molecule has 0 spiro atoms. The number of benzene rings is 1. The SMILES string of the molecule is Sc1[c]cc[c]c1. The highest BCUT2D eigenvalue weighted by Crippen LogP contribution is 1.99. The first-order valence-electron chi connectivity index (χ1n) is 1.96. The lowest BCUT2D eigenvalue weighted by molar-refractivity contribution is 1.45. The van der Waals surface area contributed by atoms with Crippen LogP contribution in [0.15, 0.2) is 23.1 Å². The van der Waals surface area contributed by atoms with Gasteiger partial charge < -0.3 is 0 Å². The van der Waals surface area contributed by atoms with Crippen LogP contribution in [-0.4, -0.2) is 0 Å². The number of thiol groups is 1. The lowest BCUT2D eigenvalue weighted by atomic mass is 10.4. The zero-order chi connectivity index (χ0) is 5.11. The molecule has 0 nitrogen and oxygen atoms in total. The smallest absolute Gasteiger partial charge is 0.0125 e. The molecule has 0 aliphatic rings. The highest BCUT2D eigenvalue weighted by molar-refractivity contribution is 7.80. The molecule has 1 rings (SSSR count). The van der Waals surface area contributed by atoms with Crippen LogP contribution in [0.25, 0.3) is 0 Å². The van der Waals surface area contributed by atoms with Crippen LogP contribution in [0.3, 0.4) is 0 Å². The molecule has 0 saturated carbocycles. The van der Waals surface area contributed by atoms with Crippen molar-refractivity contribution in [3.05, 3.63) is 30.3 Å². The lowest BCUT2D eigenvalue weighted by Crippen LogP contribution is -1.59. The van der Waals surface area contributed by atoms with Gasteiger partial charge in [-0.3, -0.25) is 0 Å². The van der Waals surface area contributed by atoms with E-state index in [0.717, 1.165) is 4.90 Å². The summed E-state index contributed by atoms with van der Waals surface area (Å²) >= 11 is 4.00. The first-order chi connectivity index (χ1) is 3.39. The molecule has 7 heavy (non-hydrogen) atoms. The minimum absolute atomic E-state index is 0.836. The van der Waals surface area contributed by atoms with Crippen LogP contribution in [0.1, 0.15) is 0 Å². The van der Waals surface area contributed by atoms with Gasteiger partial charge in [0.1, 0.15) is 0 Å². The van der Waals surface area contributed by atoms with Crippen molar-refractivity contribution in [1.82, 2.24) is 0 Å². The molecule has 0 fully saturated rings. The Morgan fingerprint density at radius 1 is 1.43 bits per heavy atom. The van der Waals surface area contributed by atoms with E-state index < -0.39 is 0 Å². The first kappa shape index (κ1) is 4.72. The standard InChI is InChI=1S/C6H4S/c7-6-4-2-1-3-5-6/h1-2,5,7H. The van der Waals surface area contributed by atoms with Crippen molar-refractivity contribution in [3.63, 3.8) is 0 Å². The van der Waals surface area contributed by atoms with Crippen LogP contribution in [0, 0.1) is 12.1 Å². The average molecular weight is 108 g/mol. The van der Waals surface area contributed by atoms with E-state index in [0.29, 0.717) is 0 Å². The van der Waals surface area contributed by atoms with Crippen LogP contribution in [0.5, 0.6) is 0 Å². The van der Waals surface area contributed by atoms with Gasteiger partial charge in [-0.05, 0) is 18.2 Å². The molecule has 1 aromatic carbocycles. The highest BCUT2D eigenvalue weighted by atomic mass is 32.1. The molecule has 0 heterocycles. The predicted octanol–water partition coefficient (Wildman–Crippen LogP) is 1.58. The molecule has 2 radical (unpaired) electrons. The van der Waals surface area contributed by atoms with Crippen molar-refractivity contribution in [2.24, 2.45) is 0 Å². The summed E-state index contributed by atoms with van der Waals surface area (Å²) in [6.07, 6.45) is 0. The number of hydrogen-bond acceptors (Lipinski definition) is 1. The molecule has 1 heteroatoms. The number of rotatable bonds is 0. The van der Waals surface area contributed by atoms with Crippen LogP contribution < -0.4 is 0 Å². The summed E-state index contributed by atoms with van der Waals surface area (Å²) in [6.45, 7) is 0. The average Bonchev–Trinajstić information content (AvgIpc) is 1.69. The van der Waals surface area contributed by atoms with E-state index in [-0.39, 0.29) is 0 Å². The van der Waals surface area contributed by atoms with E-state index in [4.69, 9.17) is 0 Å². The fourth-order valence-corrected chi connectivity index (χ4v) is 0.493. The number of hydrogen-bond donors (Lipinski definition) is 1. The second-order valence-corrected chi connectivity index (χ2v) is 1.66. The molecular weight excluding hydrogens is 104 g/mol. The molecule has 0 atom stereocenters. The quantitative estimate of drug-likeness (QED) is 0.479. The lowest BCUT2D eigenvalue weighted by Gasteiger charge is -1.80.